The second-order valence-corrected chi connectivity index (χ2v) is 16.7. The molecule has 0 spiro atoms. The lowest BCUT2D eigenvalue weighted by Gasteiger charge is -2.42. The number of phenolic OH excluding ortho intramolecular Hbond substituents is 1. The van der Waals surface area contributed by atoms with Crippen LogP contribution in [0, 0.1) is 0 Å². The van der Waals surface area contributed by atoms with E-state index >= 15 is 0 Å². The van der Waals surface area contributed by atoms with E-state index in [9.17, 15) is 14.9 Å². The van der Waals surface area contributed by atoms with Crippen molar-refractivity contribution >= 4 is 8.60 Å². The predicted octanol–water partition coefficient (Wildman–Crippen LogP) is 14.8. The summed E-state index contributed by atoms with van der Waals surface area (Å²) in [5, 5.41) is 10.4. The summed E-state index contributed by atoms with van der Waals surface area (Å²) in [4.78, 5) is 20.7. The Hall–Kier alpha value is -2.39. The molecule has 0 radical (unpaired) electrons. The summed E-state index contributed by atoms with van der Waals surface area (Å²) in [6, 6.07) is 20.8. The zero-order valence-corrected chi connectivity index (χ0v) is 34.5. The molecule has 0 unspecified atom stereocenters. The normalized spacial score (nSPS) is 14.2. The Balaban J connectivity index is 1.71. The minimum Gasteiger partial charge on any atom is -0.508 e. The summed E-state index contributed by atoms with van der Waals surface area (Å²) >= 11 is 0. The standard InChI is InChI=1S/C48H73O4P/c1-3-5-7-9-11-13-15-17-19-23-31-41-39-45(52-53(50)51)46(40-29-24-21-25-30-40)44(32-26-20-18-16-14-12-10-8-6-4-2)47(41)48(37-27-22-28-38-48)42-33-35-43(49)36-34-42/h21,24-25,29-30,33-36,39,49-51H,3-20,22-23,26-28,31-32,37-38H2,1-2H3. The molecular weight excluding hydrogens is 671 g/mol. The van der Waals surface area contributed by atoms with E-state index in [2.05, 4.69) is 62.4 Å². The number of aryl methyl sites for hydroxylation is 1. The molecule has 0 amide bonds. The van der Waals surface area contributed by atoms with Gasteiger partial charge in [-0.15, -0.1) is 0 Å². The van der Waals surface area contributed by atoms with E-state index in [0.717, 1.165) is 49.7 Å². The van der Waals surface area contributed by atoms with Gasteiger partial charge in [-0.3, -0.25) is 0 Å². The molecule has 53 heavy (non-hydrogen) atoms. The van der Waals surface area contributed by atoms with Gasteiger partial charge >= 0.3 is 8.60 Å². The van der Waals surface area contributed by atoms with Crippen LogP contribution in [0.4, 0.5) is 0 Å². The van der Waals surface area contributed by atoms with Crippen LogP contribution in [0.15, 0.2) is 60.7 Å². The summed E-state index contributed by atoms with van der Waals surface area (Å²) in [6.07, 6.45) is 33.5. The molecule has 294 valence electrons. The van der Waals surface area contributed by atoms with E-state index in [0.29, 0.717) is 11.5 Å². The molecule has 0 aromatic heterocycles. The minimum atomic E-state index is -2.58. The first-order chi connectivity index (χ1) is 26.0. The molecule has 3 aromatic carbocycles. The van der Waals surface area contributed by atoms with Crippen LogP contribution in [-0.4, -0.2) is 14.9 Å². The van der Waals surface area contributed by atoms with Crippen molar-refractivity contribution in [2.24, 2.45) is 0 Å². The van der Waals surface area contributed by atoms with Crippen molar-refractivity contribution in [1.82, 2.24) is 0 Å². The van der Waals surface area contributed by atoms with Crippen LogP contribution in [0.5, 0.6) is 11.5 Å². The van der Waals surface area contributed by atoms with E-state index < -0.39 is 8.60 Å². The molecule has 1 aliphatic rings. The molecule has 3 N–H and O–H groups in total. The maximum Gasteiger partial charge on any atom is 0.391 e. The Morgan fingerprint density at radius 2 is 1.08 bits per heavy atom. The third-order valence-corrected chi connectivity index (χ3v) is 12.3. The second kappa shape index (κ2) is 24.9. The van der Waals surface area contributed by atoms with Gasteiger partial charge < -0.3 is 19.4 Å². The average molecular weight is 745 g/mol. The van der Waals surface area contributed by atoms with Gasteiger partial charge in [-0.05, 0) is 84.5 Å². The highest BCUT2D eigenvalue weighted by molar-refractivity contribution is 7.39. The van der Waals surface area contributed by atoms with Crippen LogP contribution in [-0.2, 0) is 18.3 Å². The molecule has 4 rings (SSSR count). The third kappa shape index (κ3) is 14.0. The fourth-order valence-corrected chi connectivity index (χ4v) is 9.43. The van der Waals surface area contributed by atoms with Gasteiger partial charge in [0.05, 0.1) is 0 Å². The molecule has 5 heteroatoms. The second-order valence-electron chi connectivity index (χ2n) is 16.0. The van der Waals surface area contributed by atoms with Crippen LogP contribution >= 0.6 is 8.60 Å². The van der Waals surface area contributed by atoms with E-state index in [1.807, 2.05) is 12.1 Å². The van der Waals surface area contributed by atoms with Gasteiger partial charge in [0, 0.05) is 11.0 Å². The minimum absolute atomic E-state index is 0.168. The highest BCUT2D eigenvalue weighted by Crippen LogP contribution is 2.53. The number of hydrogen-bond donors (Lipinski definition) is 3. The van der Waals surface area contributed by atoms with Gasteiger partial charge in [0.2, 0.25) is 0 Å². The van der Waals surface area contributed by atoms with Gasteiger partial charge in [0.1, 0.15) is 11.5 Å². The van der Waals surface area contributed by atoms with Gasteiger partial charge in [-0.1, -0.05) is 191 Å². The first-order valence-corrected chi connectivity index (χ1v) is 23.1. The first kappa shape index (κ1) is 43.3. The third-order valence-electron chi connectivity index (χ3n) is 11.9. The molecule has 3 aromatic rings. The molecule has 4 nitrogen and oxygen atoms in total. The Morgan fingerprint density at radius 1 is 0.585 bits per heavy atom. The Morgan fingerprint density at radius 3 is 1.58 bits per heavy atom. The van der Waals surface area contributed by atoms with Gasteiger partial charge in [0.15, 0.2) is 0 Å². The summed E-state index contributed by atoms with van der Waals surface area (Å²) in [5.41, 5.74) is 7.34. The number of rotatable bonds is 27. The van der Waals surface area contributed by atoms with E-state index in [1.165, 1.54) is 157 Å². The zero-order valence-electron chi connectivity index (χ0n) is 33.6. The van der Waals surface area contributed by atoms with Crippen molar-refractivity contribution in [1.29, 1.82) is 0 Å². The van der Waals surface area contributed by atoms with Crippen LogP contribution < -0.4 is 4.52 Å². The maximum absolute atomic E-state index is 10.4. The van der Waals surface area contributed by atoms with Crippen molar-refractivity contribution in [3.8, 4) is 22.6 Å². The Kier molecular flexibility index (Phi) is 20.4. The van der Waals surface area contributed by atoms with Gasteiger partial charge in [-0.25, -0.2) is 0 Å². The molecule has 0 aliphatic heterocycles. The van der Waals surface area contributed by atoms with E-state index in [4.69, 9.17) is 4.52 Å². The first-order valence-electron chi connectivity index (χ1n) is 21.9. The quantitative estimate of drug-likeness (QED) is 0.0537. The summed E-state index contributed by atoms with van der Waals surface area (Å²) in [5.74, 6) is 0.917. The van der Waals surface area contributed by atoms with Crippen molar-refractivity contribution < 1.29 is 19.4 Å². The summed E-state index contributed by atoms with van der Waals surface area (Å²) in [7, 11) is -2.58. The summed E-state index contributed by atoms with van der Waals surface area (Å²) < 4.78 is 6.02. The molecule has 0 saturated heterocycles. The molecule has 1 saturated carbocycles. The monoisotopic (exact) mass is 745 g/mol. The smallest absolute Gasteiger partial charge is 0.391 e. The lowest BCUT2D eigenvalue weighted by Crippen LogP contribution is -2.33. The highest BCUT2D eigenvalue weighted by Gasteiger charge is 2.40. The molecule has 1 fully saturated rings. The number of benzene rings is 3. The van der Waals surface area contributed by atoms with Crippen molar-refractivity contribution in [3.05, 3.63) is 82.9 Å². The number of aromatic hydroxyl groups is 1. The number of hydrogen-bond acceptors (Lipinski definition) is 4. The van der Waals surface area contributed by atoms with Crippen molar-refractivity contribution in [2.45, 2.75) is 193 Å². The largest absolute Gasteiger partial charge is 0.508 e. The predicted molar refractivity (Wildman–Crippen MR) is 227 cm³/mol. The molecule has 0 heterocycles. The van der Waals surface area contributed by atoms with Crippen LogP contribution in [0.1, 0.15) is 197 Å². The lowest BCUT2D eigenvalue weighted by molar-refractivity contribution is 0.340. The fourth-order valence-electron chi connectivity index (χ4n) is 9.11. The van der Waals surface area contributed by atoms with Crippen molar-refractivity contribution in [2.75, 3.05) is 0 Å². The fraction of sp³-hybridized carbons (Fsp3) is 0.625. The van der Waals surface area contributed by atoms with Crippen LogP contribution in [0.3, 0.4) is 0 Å². The zero-order chi connectivity index (χ0) is 37.6. The molecule has 1 aliphatic carbocycles. The number of phenols is 1. The lowest BCUT2D eigenvalue weighted by atomic mass is 9.61. The Bertz CT molecular complexity index is 1400. The van der Waals surface area contributed by atoms with E-state index in [-0.39, 0.29) is 5.41 Å². The maximum atomic E-state index is 10.4. The van der Waals surface area contributed by atoms with Crippen LogP contribution in [0.2, 0.25) is 0 Å². The van der Waals surface area contributed by atoms with E-state index in [1.54, 1.807) is 0 Å². The Labute approximate surface area is 325 Å². The SMILES string of the molecule is CCCCCCCCCCCCc1cc(OP(O)O)c(-c2ccccc2)c(CCCCCCCCCCCC)c1C1(c2ccc(O)cc2)CCCCC1. The number of unbranched alkanes of at least 4 members (excludes halogenated alkanes) is 18. The van der Waals surface area contributed by atoms with Gasteiger partial charge in [0.25, 0.3) is 0 Å². The topological polar surface area (TPSA) is 69.9 Å². The highest BCUT2D eigenvalue weighted by atomic mass is 31.2. The molecule has 0 atom stereocenters. The van der Waals surface area contributed by atoms with Crippen molar-refractivity contribution in [3.63, 3.8) is 0 Å². The molecule has 0 bridgehead atoms. The van der Waals surface area contributed by atoms with Crippen LogP contribution in [0.25, 0.3) is 11.1 Å². The molecular formula is C48H73O4P. The van der Waals surface area contributed by atoms with Gasteiger partial charge in [-0.2, -0.15) is 0 Å². The average Bonchev–Trinajstić information content (AvgIpc) is 3.17. The summed E-state index contributed by atoms with van der Waals surface area (Å²) in [6.45, 7) is 4.56.